The van der Waals surface area contributed by atoms with Crippen LogP contribution in [0.15, 0.2) is 28.7 Å². The van der Waals surface area contributed by atoms with Crippen molar-refractivity contribution < 1.29 is 9.90 Å². The predicted octanol–water partition coefficient (Wildman–Crippen LogP) is 1.32. The van der Waals surface area contributed by atoms with Crippen molar-refractivity contribution in [3.63, 3.8) is 0 Å². The molecule has 5 heteroatoms. The number of carbonyl (C=O) groups is 1. The van der Waals surface area contributed by atoms with Crippen molar-refractivity contribution in [2.24, 2.45) is 0 Å². The van der Waals surface area contributed by atoms with Gasteiger partial charge in [0.05, 0.1) is 12.1 Å². The number of hydrogen-bond donors (Lipinski definition) is 3. The van der Waals surface area contributed by atoms with Crippen molar-refractivity contribution in [2.45, 2.75) is 36.8 Å². The normalized spacial score (nSPS) is 27.3. The highest BCUT2D eigenvalue weighted by atomic mass is 79.9. The maximum Gasteiger partial charge on any atom is 0.237 e. The van der Waals surface area contributed by atoms with E-state index in [9.17, 15) is 9.90 Å². The van der Waals surface area contributed by atoms with E-state index < -0.39 is 6.10 Å². The molecule has 1 aliphatic carbocycles. The fraction of sp³-hybridized carbons (Fsp3) is 0.533. The lowest BCUT2D eigenvalue weighted by Gasteiger charge is -2.18. The molecule has 108 valence electrons. The Balaban J connectivity index is 1.59. The van der Waals surface area contributed by atoms with Gasteiger partial charge < -0.3 is 15.7 Å². The van der Waals surface area contributed by atoms with Gasteiger partial charge in [0.1, 0.15) is 0 Å². The Morgan fingerprint density at radius 1 is 1.50 bits per heavy atom. The highest BCUT2D eigenvalue weighted by Crippen LogP contribution is 2.48. The van der Waals surface area contributed by atoms with Gasteiger partial charge in [-0.25, -0.2) is 0 Å². The van der Waals surface area contributed by atoms with E-state index in [2.05, 4.69) is 38.7 Å². The summed E-state index contributed by atoms with van der Waals surface area (Å²) in [6.07, 6.45) is 2.34. The molecule has 1 aromatic carbocycles. The van der Waals surface area contributed by atoms with E-state index in [4.69, 9.17) is 0 Å². The Morgan fingerprint density at radius 2 is 2.30 bits per heavy atom. The number of amides is 1. The molecule has 1 amide bonds. The van der Waals surface area contributed by atoms with Crippen molar-refractivity contribution in [3.8, 4) is 0 Å². The lowest BCUT2D eigenvalue weighted by Crippen LogP contribution is -2.43. The molecule has 2 fully saturated rings. The number of aliphatic hydroxyl groups excluding tert-OH is 1. The topological polar surface area (TPSA) is 61.4 Å². The summed E-state index contributed by atoms with van der Waals surface area (Å²) in [6, 6.07) is 8.07. The first-order valence-corrected chi connectivity index (χ1v) is 7.84. The largest absolute Gasteiger partial charge is 0.392 e. The standard InChI is InChI=1S/C15H19BrN2O2/c16-11-3-1-2-10(6-11)15(4-5-15)9-18-14(20)13-7-12(19)8-17-13/h1-3,6,12-13,17,19H,4-5,7-9H2,(H,18,20). The fourth-order valence-electron chi connectivity index (χ4n) is 2.83. The molecule has 20 heavy (non-hydrogen) atoms. The van der Waals surface area contributed by atoms with E-state index in [1.54, 1.807) is 0 Å². The third kappa shape index (κ3) is 2.90. The van der Waals surface area contributed by atoms with Crippen molar-refractivity contribution in [1.82, 2.24) is 10.6 Å². The minimum Gasteiger partial charge on any atom is -0.392 e. The molecule has 1 saturated heterocycles. The van der Waals surface area contributed by atoms with E-state index in [0.717, 1.165) is 17.3 Å². The van der Waals surface area contributed by atoms with Crippen LogP contribution >= 0.6 is 15.9 Å². The molecular formula is C15H19BrN2O2. The second kappa shape index (κ2) is 5.47. The zero-order chi connectivity index (χ0) is 14.2. The molecule has 1 aliphatic heterocycles. The number of nitrogens with one attached hydrogen (secondary N) is 2. The highest BCUT2D eigenvalue weighted by molar-refractivity contribution is 9.10. The van der Waals surface area contributed by atoms with E-state index in [0.29, 0.717) is 19.5 Å². The Labute approximate surface area is 127 Å². The average molecular weight is 339 g/mol. The smallest absolute Gasteiger partial charge is 0.237 e. The SMILES string of the molecule is O=C(NCC1(c2cccc(Br)c2)CC1)C1CC(O)CN1. The zero-order valence-corrected chi connectivity index (χ0v) is 12.8. The van der Waals surface area contributed by atoms with Gasteiger partial charge in [-0.2, -0.15) is 0 Å². The van der Waals surface area contributed by atoms with Crippen LogP contribution in [0.3, 0.4) is 0 Å². The monoisotopic (exact) mass is 338 g/mol. The summed E-state index contributed by atoms with van der Waals surface area (Å²) in [6.45, 7) is 1.19. The maximum atomic E-state index is 12.1. The van der Waals surface area contributed by atoms with E-state index >= 15 is 0 Å². The fourth-order valence-corrected chi connectivity index (χ4v) is 3.23. The van der Waals surface area contributed by atoms with Crippen LogP contribution in [0.1, 0.15) is 24.8 Å². The molecule has 2 atom stereocenters. The molecule has 2 unspecified atom stereocenters. The van der Waals surface area contributed by atoms with Gasteiger partial charge in [0.15, 0.2) is 0 Å². The minimum absolute atomic E-state index is 0.00261. The van der Waals surface area contributed by atoms with Crippen LogP contribution in [-0.4, -0.2) is 36.2 Å². The third-order valence-corrected chi connectivity index (χ3v) is 4.81. The average Bonchev–Trinajstić information content (AvgIpc) is 3.11. The van der Waals surface area contributed by atoms with Gasteiger partial charge in [0.25, 0.3) is 0 Å². The maximum absolute atomic E-state index is 12.1. The molecule has 3 N–H and O–H groups in total. The van der Waals surface area contributed by atoms with E-state index in [1.807, 2.05) is 12.1 Å². The van der Waals surface area contributed by atoms with Crippen molar-refractivity contribution >= 4 is 21.8 Å². The predicted molar refractivity (Wildman–Crippen MR) is 80.5 cm³/mol. The number of β-amino-alcohol motifs (C(OH)–C–C–N with tert-alkyl or cyclic N) is 1. The van der Waals surface area contributed by atoms with Gasteiger partial charge in [0, 0.05) is 23.0 Å². The van der Waals surface area contributed by atoms with Gasteiger partial charge in [0.2, 0.25) is 5.91 Å². The number of rotatable bonds is 4. The van der Waals surface area contributed by atoms with Crippen LogP contribution in [0.4, 0.5) is 0 Å². The van der Waals surface area contributed by atoms with Gasteiger partial charge in [-0.3, -0.25) is 4.79 Å². The summed E-state index contributed by atoms with van der Waals surface area (Å²) in [4.78, 5) is 12.1. The molecule has 2 aliphatic rings. The summed E-state index contributed by atoms with van der Waals surface area (Å²) >= 11 is 3.50. The van der Waals surface area contributed by atoms with Crippen molar-refractivity contribution in [3.05, 3.63) is 34.3 Å². The first-order valence-electron chi connectivity index (χ1n) is 7.04. The van der Waals surface area contributed by atoms with Crippen LogP contribution < -0.4 is 10.6 Å². The molecule has 1 heterocycles. The Hall–Kier alpha value is -0.910. The van der Waals surface area contributed by atoms with Crippen LogP contribution in [0.5, 0.6) is 0 Å². The van der Waals surface area contributed by atoms with Crippen molar-refractivity contribution in [1.29, 1.82) is 0 Å². The summed E-state index contributed by atoms with van der Waals surface area (Å²) < 4.78 is 1.08. The number of aliphatic hydroxyl groups is 1. The Kier molecular flexibility index (Phi) is 3.84. The van der Waals surface area contributed by atoms with E-state index in [1.165, 1.54) is 5.56 Å². The molecule has 0 radical (unpaired) electrons. The molecule has 0 aromatic heterocycles. The Morgan fingerprint density at radius 3 is 2.90 bits per heavy atom. The van der Waals surface area contributed by atoms with Gasteiger partial charge >= 0.3 is 0 Å². The van der Waals surface area contributed by atoms with E-state index in [-0.39, 0.29) is 17.4 Å². The van der Waals surface area contributed by atoms with Crippen molar-refractivity contribution in [2.75, 3.05) is 13.1 Å². The summed E-state index contributed by atoms with van der Waals surface area (Å²) in [5.41, 5.74) is 1.39. The first-order chi connectivity index (χ1) is 9.59. The van der Waals surface area contributed by atoms with Crippen LogP contribution in [-0.2, 0) is 10.2 Å². The quantitative estimate of drug-likeness (QED) is 0.775. The second-order valence-corrected chi connectivity index (χ2v) is 6.77. The molecule has 0 spiro atoms. The Bertz CT molecular complexity index is 516. The molecule has 3 rings (SSSR count). The molecule has 1 aromatic rings. The van der Waals surface area contributed by atoms with Crippen LogP contribution in [0, 0.1) is 0 Å². The lowest BCUT2D eigenvalue weighted by molar-refractivity contribution is -0.123. The van der Waals surface area contributed by atoms with Crippen LogP contribution in [0.25, 0.3) is 0 Å². The number of hydrogen-bond acceptors (Lipinski definition) is 3. The van der Waals surface area contributed by atoms with Gasteiger partial charge in [-0.15, -0.1) is 0 Å². The number of benzene rings is 1. The third-order valence-electron chi connectivity index (χ3n) is 4.32. The van der Waals surface area contributed by atoms with Crippen LogP contribution in [0.2, 0.25) is 0 Å². The molecule has 4 nitrogen and oxygen atoms in total. The number of halogens is 1. The minimum atomic E-state index is -0.397. The summed E-state index contributed by atoms with van der Waals surface area (Å²) in [7, 11) is 0. The van der Waals surface area contributed by atoms with Gasteiger partial charge in [-0.1, -0.05) is 28.1 Å². The summed E-state index contributed by atoms with van der Waals surface area (Å²) in [5, 5.41) is 15.5. The number of carbonyl (C=O) groups excluding carboxylic acids is 1. The molecular weight excluding hydrogens is 320 g/mol. The molecule has 1 saturated carbocycles. The lowest BCUT2D eigenvalue weighted by atomic mass is 9.96. The zero-order valence-electron chi connectivity index (χ0n) is 11.2. The first kappa shape index (κ1) is 14.0. The van der Waals surface area contributed by atoms with Gasteiger partial charge in [-0.05, 0) is 37.0 Å². The second-order valence-electron chi connectivity index (χ2n) is 5.86. The highest BCUT2D eigenvalue weighted by Gasteiger charge is 2.44. The summed E-state index contributed by atoms with van der Waals surface area (Å²) in [5.74, 6) is 0.00261. The molecule has 0 bridgehead atoms.